The lowest BCUT2D eigenvalue weighted by Crippen LogP contribution is -2.45. The maximum absolute atomic E-state index is 12.4. The number of nitrogens with zero attached hydrogens (tertiary/aromatic N) is 1. The van der Waals surface area contributed by atoms with E-state index >= 15 is 0 Å². The monoisotopic (exact) mass is 274 g/mol. The number of aryl methyl sites for hydroxylation is 1. The van der Waals surface area contributed by atoms with E-state index in [-0.39, 0.29) is 5.91 Å². The van der Waals surface area contributed by atoms with Gasteiger partial charge >= 0.3 is 0 Å². The molecule has 0 spiro atoms. The van der Waals surface area contributed by atoms with Crippen molar-refractivity contribution in [2.24, 2.45) is 5.92 Å². The van der Waals surface area contributed by atoms with Crippen molar-refractivity contribution in [2.75, 3.05) is 20.6 Å². The van der Waals surface area contributed by atoms with E-state index in [9.17, 15) is 4.79 Å². The quantitative estimate of drug-likeness (QED) is 0.915. The average molecular weight is 274 g/mol. The molecule has 3 heteroatoms. The highest BCUT2D eigenvalue weighted by molar-refractivity contribution is 5.95. The molecule has 20 heavy (non-hydrogen) atoms. The molecule has 1 fully saturated rings. The van der Waals surface area contributed by atoms with Gasteiger partial charge in [-0.2, -0.15) is 0 Å². The van der Waals surface area contributed by atoms with E-state index in [4.69, 9.17) is 0 Å². The third-order valence-corrected chi connectivity index (χ3v) is 4.21. The number of carbonyl (C=O) groups is 1. The van der Waals surface area contributed by atoms with E-state index in [1.54, 1.807) is 0 Å². The van der Waals surface area contributed by atoms with Gasteiger partial charge in [0.25, 0.3) is 5.91 Å². The van der Waals surface area contributed by atoms with Crippen molar-refractivity contribution in [2.45, 2.75) is 38.6 Å². The van der Waals surface area contributed by atoms with Gasteiger partial charge in [0, 0.05) is 18.2 Å². The summed E-state index contributed by atoms with van der Waals surface area (Å²) in [7, 11) is 4.21. The molecule has 0 bridgehead atoms. The zero-order valence-electron chi connectivity index (χ0n) is 12.9. The molecule has 2 rings (SSSR count). The van der Waals surface area contributed by atoms with E-state index in [0.29, 0.717) is 12.0 Å². The largest absolute Gasteiger partial charge is 0.349 e. The highest BCUT2D eigenvalue weighted by Crippen LogP contribution is 2.25. The minimum absolute atomic E-state index is 0.0822. The van der Waals surface area contributed by atoms with Crippen molar-refractivity contribution in [3.8, 4) is 0 Å². The van der Waals surface area contributed by atoms with Crippen LogP contribution >= 0.6 is 0 Å². The van der Waals surface area contributed by atoms with Crippen LogP contribution in [0.3, 0.4) is 0 Å². The Balaban J connectivity index is 2.03. The summed E-state index contributed by atoms with van der Waals surface area (Å²) in [6.07, 6.45) is 4.84. The molecule has 110 valence electrons. The van der Waals surface area contributed by atoms with Gasteiger partial charge in [-0.1, -0.05) is 31.0 Å². The van der Waals surface area contributed by atoms with Gasteiger partial charge in [-0.3, -0.25) is 4.79 Å². The molecule has 0 aliphatic heterocycles. The standard InChI is InChI=1S/C17H26N2O/c1-13-8-4-6-10-15(13)17(20)18-16-11-7-5-9-14(16)12-19(2)3/h4,6,8,10,14,16H,5,7,9,11-12H2,1-3H3,(H,18,20). The van der Waals surface area contributed by atoms with Crippen LogP contribution < -0.4 is 5.32 Å². The molecule has 1 aliphatic carbocycles. The average Bonchev–Trinajstić information content (AvgIpc) is 2.41. The van der Waals surface area contributed by atoms with Gasteiger partial charge in [-0.15, -0.1) is 0 Å². The Morgan fingerprint density at radius 3 is 2.65 bits per heavy atom. The normalized spacial score (nSPS) is 22.8. The molecule has 1 aromatic rings. The van der Waals surface area contributed by atoms with Crippen LogP contribution in [-0.4, -0.2) is 37.5 Å². The first-order valence-corrected chi connectivity index (χ1v) is 7.59. The molecular formula is C17H26N2O. The van der Waals surface area contributed by atoms with Crippen LogP contribution in [-0.2, 0) is 0 Å². The van der Waals surface area contributed by atoms with Gasteiger partial charge < -0.3 is 10.2 Å². The molecular weight excluding hydrogens is 248 g/mol. The van der Waals surface area contributed by atoms with Gasteiger partial charge in [-0.25, -0.2) is 0 Å². The Hall–Kier alpha value is -1.35. The fourth-order valence-corrected chi connectivity index (χ4v) is 3.16. The van der Waals surface area contributed by atoms with E-state index in [1.807, 2.05) is 31.2 Å². The second kappa shape index (κ2) is 6.89. The van der Waals surface area contributed by atoms with E-state index in [2.05, 4.69) is 24.3 Å². The maximum Gasteiger partial charge on any atom is 0.251 e. The van der Waals surface area contributed by atoms with Crippen LogP contribution in [0.2, 0.25) is 0 Å². The van der Waals surface area contributed by atoms with Crippen LogP contribution in [0.4, 0.5) is 0 Å². The van der Waals surface area contributed by atoms with E-state index < -0.39 is 0 Å². The van der Waals surface area contributed by atoms with Crippen LogP contribution in [0.25, 0.3) is 0 Å². The summed E-state index contributed by atoms with van der Waals surface area (Å²) in [6.45, 7) is 3.05. The SMILES string of the molecule is Cc1ccccc1C(=O)NC1CCCCC1CN(C)C. The van der Waals surface area contributed by atoms with Crippen molar-refractivity contribution >= 4 is 5.91 Å². The van der Waals surface area contributed by atoms with Crippen molar-refractivity contribution in [3.63, 3.8) is 0 Å². The Morgan fingerprint density at radius 2 is 1.95 bits per heavy atom. The molecule has 2 unspecified atom stereocenters. The zero-order chi connectivity index (χ0) is 14.5. The first-order valence-electron chi connectivity index (χ1n) is 7.59. The molecule has 0 heterocycles. The topological polar surface area (TPSA) is 32.3 Å². The predicted molar refractivity (Wildman–Crippen MR) is 82.9 cm³/mol. The van der Waals surface area contributed by atoms with Crippen LogP contribution in [0.1, 0.15) is 41.6 Å². The molecule has 3 nitrogen and oxygen atoms in total. The highest BCUT2D eigenvalue weighted by atomic mass is 16.1. The number of nitrogens with one attached hydrogen (secondary N) is 1. The Bertz CT molecular complexity index is 456. The first-order chi connectivity index (χ1) is 9.58. The van der Waals surface area contributed by atoms with Crippen LogP contribution in [0.15, 0.2) is 24.3 Å². The summed E-state index contributed by atoms with van der Waals surface area (Å²) in [4.78, 5) is 14.7. The highest BCUT2D eigenvalue weighted by Gasteiger charge is 2.27. The number of amides is 1. The predicted octanol–water partition coefficient (Wildman–Crippen LogP) is 2.85. The number of rotatable bonds is 4. The van der Waals surface area contributed by atoms with Crippen molar-refractivity contribution in [1.82, 2.24) is 10.2 Å². The fraction of sp³-hybridized carbons (Fsp3) is 0.588. The number of benzene rings is 1. The first kappa shape index (κ1) is 15.0. The second-order valence-electron chi connectivity index (χ2n) is 6.20. The molecule has 1 saturated carbocycles. The Labute approximate surface area is 122 Å². The van der Waals surface area contributed by atoms with Crippen molar-refractivity contribution in [1.29, 1.82) is 0 Å². The summed E-state index contributed by atoms with van der Waals surface area (Å²) in [5, 5.41) is 3.27. The Kier molecular flexibility index (Phi) is 5.18. The van der Waals surface area contributed by atoms with Crippen LogP contribution in [0, 0.1) is 12.8 Å². The molecule has 2 atom stereocenters. The number of hydrogen-bond donors (Lipinski definition) is 1. The molecule has 1 amide bonds. The van der Waals surface area contributed by atoms with Crippen molar-refractivity contribution < 1.29 is 4.79 Å². The van der Waals surface area contributed by atoms with Crippen LogP contribution in [0.5, 0.6) is 0 Å². The third-order valence-electron chi connectivity index (χ3n) is 4.21. The Morgan fingerprint density at radius 1 is 1.25 bits per heavy atom. The molecule has 1 N–H and O–H groups in total. The smallest absolute Gasteiger partial charge is 0.251 e. The van der Waals surface area contributed by atoms with Gasteiger partial charge in [0.15, 0.2) is 0 Å². The van der Waals surface area contributed by atoms with Gasteiger partial charge in [0.1, 0.15) is 0 Å². The summed E-state index contributed by atoms with van der Waals surface area (Å²) in [6, 6.07) is 8.13. The number of carbonyl (C=O) groups excluding carboxylic acids is 1. The van der Waals surface area contributed by atoms with E-state index in [1.165, 1.54) is 19.3 Å². The lowest BCUT2D eigenvalue weighted by Gasteiger charge is -2.34. The maximum atomic E-state index is 12.4. The van der Waals surface area contributed by atoms with Gasteiger partial charge in [0.2, 0.25) is 0 Å². The lowest BCUT2D eigenvalue weighted by atomic mass is 9.84. The molecule has 1 aromatic carbocycles. The minimum Gasteiger partial charge on any atom is -0.349 e. The lowest BCUT2D eigenvalue weighted by molar-refractivity contribution is 0.0895. The summed E-state index contributed by atoms with van der Waals surface area (Å²) < 4.78 is 0. The summed E-state index contributed by atoms with van der Waals surface area (Å²) >= 11 is 0. The molecule has 1 aliphatic rings. The third kappa shape index (κ3) is 3.83. The molecule has 0 saturated heterocycles. The minimum atomic E-state index is 0.0822. The summed E-state index contributed by atoms with van der Waals surface area (Å²) in [5.74, 6) is 0.658. The van der Waals surface area contributed by atoms with E-state index in [0.717, 1.165) is 24.1 Å². The molecule has 0 aromatic heterocycles. The zero-order valence-corrected chi connectivity index (χ0v) is 12.9. The van der Waals surface area contributed by atoms with Gasteiger partial charge in [-0.05, 0) is 51.4 Å². The molecule has 0 radical (unpaired) electrons. The summed E-state index contributed by atoms with van der Waals surface area (Å²) in [5.41, 5.74) is 1.85. The fourth-order valence-electron chi connectivity index (χ4n) is 3.16. The number of hydrogen-bond acceptors (Lipinski definition) is 2. The second-order valence-corrected chi connectivity index (χ2v) is 6.20. The van der Waals surface area contributed by atoms with Gasteiger partial charge in [0.05, 0.1) is 0 Å². The van der Waals surface area contributed by atoms with Crippen molar-refractivity contribution in [3.05, 3.63) is 35.4 Å².